The number of thiazole rings is 1. The van der Waals surface area contributed by atoms with Crippen molar-refractivity contribution in [3.63, 3.8) is 0 Å². The van der Waals surface area contributed by atoms with E-state index in [9.17, 15) is 4.79 Å². The first-order valence-corrected chi connectivity index (χ1v) is 10.2. The summed E-state index contributed by atoms with van der Waals surface area (Å²) in [5.41, 5.74) is 7.15. The molecule has 10 heteroatoms. The summed E-state index contributed by atoms with van der Waals surface area (Å²) in [7, 11) is 0. The van der Waals surface area contributed by atoms with Crippen molar-refractivity contribution >= 4 is 39.5 Å². The number of hydrogen-bond acceptors (Lipinski definition) is 9. The lowest BCUT2D eigenvalue weighted by atomic mass is 10.2. The van der Waals surface area contributed by atoms with E-state index in [0.717, 1.165) is 20.9 Å². The highest BCUT2D eigenvalue weighted by Crippen LogP contribution is 2.33. The zero-order chi connectivity index (χ0) is 20.6. The molecular weight excluding hydrogens is 390 g/mol. The summed E-state index contributed by atoms with van der Waals surface area (Å²) in [5, 5.41) is 0.843. The van der Waals surface area contributed by atoms with Crippen molar-refractivity contribution in [2.45, 2.75) is 26.4 Å². The number of hydrogen-bond donors (Lipinski definition) is 1. The lowest BCUT2D eigenvalue weighted by Crippen LogP contribution is -2.50. The highest BCUT2D eigenvalue weighted by Gasteiger charge is 2.28. The van der Waals surface area contributed by atoms with Crippen LogP contribution in [-0.4, -0.2) is 62.7 Å². The number of nitrogens with zero attached hydrogens (tertiary/aromatic N) is 6. The first kappa shape index (κ1) is 19.3. The van der Waals surface area contributed by atoms with Crippen molar-refractivity contribution in [2.75, 3.05) is 36.8 Å². The summed E-state index contributed by atoms with van der Waals surface area (Å²) < 4.78 is 5.47. The Morgan fingerprint density at radius 1 is 1.10 bits per heavy atom. The molecule has 0 unspecified atom stereocenters. The summed E-state index contributed by atoms with van der Waals surface area (Å²) in [6, 6.07) is 3.82. The van der Waals surface area contributed by atoms with Crippen LogP contribution in [0.5, 0.6) is 0 Å². The minimum absolute atomic E-state index is 0.215. The summed E-state index contributed by atoms with van der Waals surface area (Å²) >= 11 is 1.47. The highest BCUT2D eigenvalue weighted by molar-refractivity contribution is 7.21. The Labute approximate surface area is 172 Å². The van der Waals surface area contributed by atoms with Crippen LogP contribution in [0.3, 0.4) is 0 Å². The molecule has 152 valence electrons. The van der Waals surface area contributed by atoms with Gasteiger partial charge in [0.2, 0.25) is 5.95 Å². The molecule has 2 N–H and O–H groups in total. The van der Waals surface area contributed by atoms with Crippen molar-refractivity contribution < 1.29 is 9.53 Å². The fourth-order valence-corrected chi connectivity index (χ4v) is 4.04. The lowest BCUT2D eigenvalue weighted by molar-refractivity contribution is 0.0240. The molecule has 4 rings (SSSR count). The summed E-state index contributed by atoms with van der Waals surface area (Å²) in [6.45, 7) is 7.92. The van der Waals surface area contributed by atoms with E-state index in [-0.39, 0.29) is 12.0 Å². The van der Waals surface area contributed by atoms with Gasteiger partial charge in [-0.25, -0.2) is 14.8 Å². The maximum Gasteiger partial charge on any atom is 0.410 e. The van der Waals surface area contributed by atoms with Gasteiger partial charge in [0.15, 0.2) is 10.6 Å². The number of fused-ring (bicyclic) bond motifs is 1. The minimum Gasteiger partial charge on any atom is -0.444 e. The van der Waals surface area contributed by atoms with E-state index in [2.05, 4.69) is 19.9 Å². The third-order valence-electron chi connectivity index (χ3n) is 4.42. The summed E-state index contributed by atoms with van der Waals surface area (Å²) in [4.78, 5) is 34.5. The zero-order valence-electron chi connectivity index (χ0n) is 16.6. The van der Waals surface area contributed by atoms with E-state index in [4.69, 9.17) is 15.5 Å². The standard InChI is InChI=1S/C19H23N7O2S/c1-19(2,3)28-18(27)26-10-8-25(9-11-26)14-13-16(24-17(20)23-14)29-15(22-13)12-4-6-21-7-5-12/h4-7H,8-11H2,1-3H3,(H2,20,23,24). The number of carbonyl (C=O) groups is 1. The van der Waals surface area contributed by atoms with Crippen molar-refractivity contribution in [1.82, 2.24) is 24.8 Å². The SMILES string of the molecule is CC(C)(C)OC(=O)N1CCN(c2nc(N)nc3sc(-c4ccncc4)nc23)CC1. The quantitative estimate of drug-likeness (QED) is 0.683. The van der Waals surface area contributed by atoms with Crippen LogP contribution in [0.4, 0.5) is 16.6 Å². The van der Waals surface area contributed by atoms with Crippen LogP contribution >= 0.6 is 11.3 Å². The van der Waals surface area contributed by atoms with Crippen molar-refractivity contribution in [2.24, 2.45) is 0 Å². The smallest absolute Gasteiger partial charge is 0.410 e. The first-order valence-electron chi connectivity index (χ1n) is 9.37. The topological polar surface area (TPSA) is 110 Å². The van der Waals surface area contributed by atoms with Gasteiger partial charge in [0.05, 0.1) is 0 Å². The number of rotatable bonds is 2. The second-order valence-corrected chi connectivity index (χ2v) is 8.75. The van der Waals surface area contributed by atoms with Gasteiger partial charge in [-0.05, 0) is 32.9 Å². The molecular formula is C19H23N7O2S. The predicted molar refractivity (Wildman–Crippen MR) is 113 cm³/mol. The Bertz CT molecular complexity index is 1020. The van der Waals surface area contributed by atoms with Gasteiger partial charge in [0.25, 0.3) is 0 Å². The molecule has 3 aromatic heterocycles. The lowest BCUT2D eigenvalue weighted by Gasteiger charge is -2.36. The van der Waals surface area contributed by atoms with Gasteiger partial charge in [-0.3, -0.25) is 4.98 Å². The molecule has 1 aliphatic heterocycles. The average Bonchev–Trinajstić information content (AvgIpc) is 3.11. The molecule has 0 aliphatic carbocycles. The Hall–Kier alpha value is -3.01. The first-order chi connectivity index (χ1) is 13.8. The number of aromatic nitrogens is 4. The molecule has 3 aromatic rings. The van der Waals surface area contributed by atoms with E-state index in [1.807, 2.05) is 32.9 Å². The highest BCUT2D eigenvalue weighted by atomic mass is 32.1. The van der Waals surface area contributed by atoms with Gasteiger partial charge >= 0.3 is 6.09 Å². The number of ether oxygens (including phenoxy) is 1. The average molecular weight is 414 g/mol. The molecule has 1 fully saturated rings. The van der Waals surface area contributed by atoms with Gasteiger partial charge in [-0.15, -0.1) is 0 Å². The van der Waals surface area contributed by atoms with Crippen molar-refractivity contribution in [1.29, 1.82) is 0 Å². The van der Waals surface area contributed by atoms with Crippen molar-refractivity contribution in [3.05, 3.63) is 24.5 Å². The number of anilines is 2. The van der Waals surface area contributed by atoms with Crippen LogP contribution in [0.15, 0.2) is 24.5 Å². The van der Waals surface area contributed by atoms with E-state index < -0.39 is 5.60 Å². The van der Waals surface area contributed by atoms with Crippen LogP contribution in [0.2, 0.25) is 0 Å². The Morgan fingerprint density at radius 2 is 1.79 bits per heavy atom. The molecule has 4 heterocycles. The molecule has 0 bridgehead atoms. The molecule has 9 nitrogen and oxygen atoms in total. The zero-order valence-corrected chi connectivity index (χ0v) is 17.4. The van der Waals surface area contributed by atoms with E-state index in [1.165, 1.54) is 11.3 Å². The molecule has 0 aromatic carbocycles. The number of nitrogen functional groups attached to an aromatic ring is 1. The second kappa shape index (κ2) is 7.43. The minimum atomic E-state index is -0.508. The van der Waals surface area contributed by atoms with Crippen LogP contribution < -0.4 is 10.6 Å². The predicted octanol–water partition coefficient (Wildman–Crippen LogP) is 2.79. The maximum atomic E-state index is 12.3. The molecule has 0 saturated carbocycles. The monoisotopic (exact) mass is 413 g/mol. The number of nitrogens with two attached hydrogens (primary N) is 1. The Balaban J connectivity index is 1.57. The van der Waals surface area contributed by atoms with Gasteiger partial charge in [-0.2, -0.15) is 4.98 Å². The molecule has 1 aliphatic rings. The Morgan fingerprint density at radius 3 is 2.45 bits per heavy atom. The normalized spacial score (nSPS) is 15.0. The summed E-state index contributed by atoms with van der Waals surface area (Å²) in [5.74, 6) is 0.917. The van der Waals surface area contributed by atoms with E-state index in [1.54, 1.807) is 17.3 Å². The van der Waals surface area contributed by atoms with Crippen LogP contribution in [0.1, 0.15) is 20.8 Å². The van der Waals surface area contributed by atoms with Crippen LogP contribution in [0, 0.1) is 0 Å². The maximum absolute atomic E-state index is 12.3. The van der Waals surface area contributed by atoms with Gasteiger partial charge in [0, 0.05) is 44.1 Å². The molecule has 29 heavy (non-hydrogen) atoms. The molecule has 0 spiro atoms. The number of amides is 1. The van der Waals surface area contributed by atoms with E-state index in [0.29, 0.717) is 32.0 Å². The molecule has 0 atom stereocenters. The van der Waals surface area contributed by atoms with Gasteiger partial charge in [-0.1, -0.05) is 11.3 Å². The van der Waals surface area contributed by atoms with Crippen molar-refractivity contribution in [3.8, 4) is 10.6 Å². The third kappa shape index (κ3) is 4.21. The molecule has 0 radical (unpaired) electrons. The van der Waals surface area contributed by atoms with Gasteiger partial charge in [0.1, 0.15) is 16.1 Å². The van der Waals surface area contributed by atoms with Gasteiger partial charge < -0.3 is 20.3 Å². The number of carbonyl (C=O) groups excluding carboxylic acids is 1. The number of pyridine rings is 1. The van der Waals surface area contributed by atoms with Crippen LogP contribution in [0.25, 0.3) is 20.9 Å². The number of piperazine rings is 1. The third-order valence-corrected chi connectivity index (χ3v) is 5.41. The fourth-order valence-electron chi connectivity index (χ4n) is 3.09. The van der Waals surface area contributed by atoms with Crippen LogP contribution in [-0.2, 0) is 4.74 Å². The molecule has 1 amide bonds. The second-order valence-electron chi connectivity index (χ2n) is 7.77. The molecule has 1 saturated heterocycles. The Kier molecular flexibility index (Phi) is 4.95. The van der Waals surface area contributed by atoms with E-state index >= 15 is 0 Å². The fraction of sp³-hybridized carbons (Fsp3) is 0.421. The largest absolute Gasteiger partial charge is 0.444 e. The summed E-state index contributed by atoms with van der Waals surface area (Å²) in [6.07, 6.45) is 3.18.